The van der Waals surface area contributed by atoms with Crippen LogP contribution < -0.4 is 5.73 Å². The molecule has 15 heavy (non-hydrogen) atoms. The summed E-state index contributed by atoms with van der Waals surface area (Å²) in [6.07, 6.45) is -0.0890. The quantitative estimate of drug-likeness (QED) is 0.681. The lowest BCUT2D eigenvalue weighted by atomic mass is 10.1. The summed E-state index contributed by atoms with van der Waals surface area (Å²) in [5.41, 5.74) is 5.00. The number of carbonyl (C=O) groups excluding carboxylic acids is 2. The average molecular weight is 216 g/mol. The lowest BCUT2D eigenvalue weighted by Gasteiger charge is -2.21. The van der Waals surface area contributed by atoms with Crippen LogP contribution in [0.25, 0.3) is 0 Å². The van der Waals surface area contributed by atoms with E-state index in [2.05, 4.69) is 0 Å². The number of ether oxygens (including phenoxy) is 1. The number of carbonyl (C=O) groups is 2. The Hall–Kier alpha value is -1.10. The van der Waals surface area contributed by atoms with Crippen LogP contribution in [0.4, 0.5) is 0 Å². The van der Waals surface area contributed by atoms with Crippen molar-refractivity contribution in [2.24, 2.45) is 5.73 Å². The van der Waals surface area contributed by atoms with Gasteiger partial charge in [-0.15, -0.1) is 0 Å². The molecule has 0 rings (SSSR count). The second-order valence-electron chi connectivity index (χ2n) is 4.63. The van der Waals surface area contributed by atoms with E-state index in [0.29, 0.717) is 0 Å². The SMILES string of the molecule is CN(C)C(=O)[C@@H](N)CC(=O)OC(C)(C)C. The minimum atomic E-state index is -0.824. The lowest BCUT2D eigenvalue weighted by Crippen LogP contribution is -2.42. The van der Waals surface area contributed by atoms with Crippen LogP contribution in [0.5, 0.6) is 0 Å². The number of rotatable bonds is 3. The van der Waals surface area contributed by atoms with Crippen LogP contribution in [-0.2, 0) is 14.3 Å². The molecule has 5 nitrogen and oxygen atoms in total. The summed E-state index contributed by atoms with van der Waals surface area (Å²) in [5, 5.41) is 0. The first-order chi connectivity index (χ1) is 6.63. The Kier molecular flexibility index (Phi) is 4.74. The van der Waals surface area contributed by atoms with Gasteiger partial charge in [-0.3, -0.25) is 9.59 Å². The standard InChI is InChI=1S/C10H20N2O3/c1-10(2,3)15-8(13)6-7(11)9(14)12(4)5/h7H,6,11H2,1-5H3/t7-/m0/s1. The van der Waals surface area contributed by atoms with Crippen molar-refractivity contribution in [3.63, 3.8) is 0 Å². The highest BCUT2D eigenvalue weighted by molar-refractivity contribution is 5.86. The minimum Gasteiger partial charge on any atom is -0.460 e. The topological polar surface area (TPSA) is 72.6 Å². The van der Waals surface area contributed by atoms with Crippen molar-refractivity contribution in [1.29, 1.82) is 0 Å². The number of nitrogens with zero attached hydrogens (tertiary/aromatic N) is 1. The maximum atomic E-state index is 11.3. The Bertz CT molecular complexity index is 244. The largest absolute Gasteiger partial charge is 0.460 e. The molecule has 0 fully saturated rings. The van der Waals surface area contributed by atoms with Crippen LogP contribution >= 0.6 is 0 Å². The third-order valence-electron chi connectivity index (χ3n) is 1.56. The molecule has 0 aliphatic heterocycles. The zero-order valence-corrected chi connectivity index (χ0v) is 10.0. The van der Waals surface area contributed by atoms with Gasteiger partial charge in [-0.05, 0) is 20.8 Å². The highest BCUT2D eigenvalue weighted by Gasteiger charge is 2.23. The van der Waals surface area contributed by atoms with E-state index in [-0.39, 0.29) is 12.3 Å². The second kappa shape index (κ2) is 5.11. The normalized spacial score (nSPS) is 13.2. The van der Waals surface area contributed by atoms with Gasteiger partial charge in [0.1, 0.15) is 5.60 Å². The van der Waals surface area contributed by atoms with Gasteiger partial charge in [-0.25, -0.2) is 0 Å². The van der Waals surface area contributed by atoms with E-state index in [1.54, 1.807) is 34.9 Å². The van der Waals surface area contributed by atoms with Gasteiger partial charge >= 0.3 is 5.97 Å². The number of hydrogen-bond acceptors (Lipinski definition) is 4. The molecule has 0 aromatic heterocycles. The molecule has 1 atom stereocenters. The molecule has 0 aliphatic carbocycles. The summed E-state index contributed by atoms with van der Waals surface area (Å²) in [5.74, 6) is -0.731. The number of hydrogen-bond donors (Lipinski definition) is 1. The van der Waals surface area contributed by atoms with E-state index < -0.39 is 17.6 Å². The minimum absolute atomic E-state index is 0.0890. The number of esters is 1. The van der Waals surface area contributed by atoms with Crippen LogP contribution in [0, 0.1) is 0 Å². The highest BCUT2D eigenvalue weighted by atomic mass is 16.6. The number of nitrogens with two attached hydrogens (primary N) is 1. The Balaban J connectivity index is 4.14. The third kappa shape index (κ3) is 6.06. The predicted molar refractivity (Wildman–Crippen MR) is 57.1 cm³/mol. The van der Waals surface area contributed by atoms with Gasteiger partial charge < -0.3 is 15.4 Å². The summed E-state index contributed by atoms with van der Waals surface area (Å²) >= 11 is 0. The van der Waals surface area contributed by atoms with E-state index in [4.69, 9.17) is 10.5 Å². The first kappa shape index (κ1) is 13.9. The molecule has 88 valence electrons. The van der Waals surface area contributed by atoms with Crippen molar-refractivity contribution in [3.8, 4) is 0 Å². The first-order valence-corrected chi connectivity index (χ1v) is 4.82. The van der Waals surface area contributed by atoms with Gasteiger partial charge in [0.25, 0.3) is 0 Å². The molecule has 0 aromatic rings. The molecule has 0 heterocycles. The number of likely N-dealkylation sites (N-methyl/N-ethyl adjacent to an activating group) is 1. The Labute approximate surface area is 90.6 Å². The van der Waals surface area contributed by atoms with E-state index >= 15 is 0 Å². The molecular formula is C10H20N2O3. The van der Waals surface area contributed by atoms with Gasteiger partial charge in [0, 0.05) is 14.1 Å². The van der Waals surface area contributed by atoms with E-state index in [0.717, 1.165) is 0 Å². The summed E-state index contributed by atoms with van der Waals surface area (Å²) in [7, 11) is 3.19. The molecule has 0 saturated carbocycles. The van der Waals surface area contributed by atoms with Crippen molar-refractivity contribution in [2.45, 2.75) is 38.8 Å². The first-order valence-electron chi connectivity index (χ1n) is 4.82. The van der Waals surface area contributed by atoms with Crippen LogP contribution in [0.15, 0.2) is 0 Å². The van der Waals surface area contributed by atoms with E-state index in [1.807, 2.05) is 0 Å². The molecule has 0 saturated heterocycles. The average Bonchev–Trinajstić information content (AvgIpc) is 1.98. The smallest absolute Gasteiger partial charge is 0.308 e. The van der Waals surface area contributed by atoms with Crippen LogP contribution in [0.1, 0.15) is 27.2 Å². The van der Waals surface area contributed by atoms with Gasteiger partial charge in [-0.1, -0.05) is 0 Å². The van der Waals surface area contributed by atoms with Gasteiger partial charge in [0.15, 0.2) is 0 Å². The molecule has 0 spiro atoms. The Morgan fingerprint density at radius 3 is 2.13 bits per heavy atom. The fourth-order valence-corrected chi connectivity index (χ4v) is 0.982. The fourth-order valence-electron chi connectivity index (χ4n) is 0.982. The predicted octanol–water partition coefficient (Wildman–Crippen LogP) is 0.134. The summed E-state index contributed by atoms with van der Waals surface area (Å²) in [6, 6.07) is -0.824. The Morgan fingerprint density at radius 1 is 1.33 bits per heavy atom. The molecule has 1 amide bonds. The summed E-state index contributed by atoms with van der Waals surface area (Å²) in [6.45, 7) is 5.30. The maximum absolute atomic E-state index is 11.3. The molecule has 0 radical (unpaired) electrons. The van der Waals surface area contributed by atoms with Crippen LogP contribution in [0.2, 0.25) is 0 Å². The molecule has 0 bridgehead atoms. The molecule has 0 aliphatic rings. The van der Waals surface area contributed by atoms with Crippen LogP contribution in [-0.4, -0.2) is 42.5 Å². The van der Waals surface area contributed by atoms with Gasteiger partial charge in [0.05, 0.1) is 12.5 Å². The zero-order chi connectivity index (χ0) is 12.2. The zero-order valence-electron chi connectivity index (χ0n) is 10.0. The van der Waals surface area contributed by atoms with E-state index in [9.17, 15) is 9.59 Å². The monoisotopic (exact) mass is 216 g/mol. The van der Waals surface area contributed by atoms with Crippen molar-refractivity contribution in [3.05, 3.63) is 0 Å². The summed E-state index contributed by atoms with van der Waals surface area (Å²) < 4.78 is 5.05. The molecule has 2 N–H and O–H groups in total. The van der Waals surface area contributed by atoms with Crippen molar-refractivity contribution >= 4 is 11.9 Å². The van der Waals surface area contributed by atoms with E-state index in [1.165, 1.54) is 4.90 Å². The molecule has 0 unspecified atom stereocenters. The number of amides is 1. The second-order valence-corrected chi connectivity index (χ2v) is 4.63. The highest BCUT2D eigenvalue weighted by Crippen LogP contribution is 2.09. The van der Waals surface area contributed by atoms with Gasteiger partial charge in [-0.2, -0.15) is 0 Å². The summed E-state index contributed by atoms with van der Waals surface area (Å²) in [4.78, 5) is 24.0. The van der Waals surface area contributed by atoms with Crippen molar-refractivity contribution < 1.29 is 14.3 Å². The molecular weight excluding hydrogens is 196 g/mol. The lowest BCUT2D eigenvalue weighted by molar-refractivity contribution is -0.156. The fraction of sp³-hybridized carbons (Fsp3) is 0.800. The van der Waals surface area contributed by atoms with Crippen molar-refractivity contribution in [1.82, 2.24) is 4.90 Å². The van der Waals surface area contributed by atoms with Crippen molar-refractivity contribution in [2.75, 3.05) is 14.1 Å². The molecule has 5 heteroatoms. The maximum Gasteiger partial charge on any atom is 0.308 e. The third-order valence-corrected chi connectivity index (χ3v) is 1.56. The molecule has 0 aromatic carbocycles. The van der Waals surface area contributed by atoms with Crippen LogP contribution in [0.3, 0.4) is 0 Å². The van der Waals surface area contributed by atoms with Gasteiger partial charge in [0.2, 0.25) is 5.91 Å². The Morgan fingerprint density at radius 2 is 1.80 bits per heavy atom.